The topological polar surface area (TPSA) is 80.2 Å². The van der Waals surface area contributed by atoms with Gasteiger partial charge in [0.1, 0.15) is 5.75 Å². The molecular formula is C18H16ClN3O3. The van der Waals surface area contributed by atoms with Crippen molar-refractivity contribution in [2.75, 3.05) is 13.7 Å². The number of hydrogen-bond acceptors (Lipinski definition) is 4. The fourth-order valence-corrected chi connectivity index (χ4v) is 3.69. The van der Waals surface area contributed by atoms with Crippen molar-refractivity contribution in [2.24, 2.45) is 0 Å². The van der Waals surface area contributed by atoms with Gasteiger partial charge in [0.2, 0.25) is 0 Å². The number of nitrogens with one attached hydrogen (secondary N) is 2. The maximum Gasteiger partial charge on any atom is 0.269 e. The number of rotatable bonds is 3. The molecular weight excluding hydrogens is 342 g/mol. The molecule has 128 valence electrons. The van der Waals surface area contributed by atoms with Crippen LogP contribution in [0.15, 0.2) is 36.4 Å². The highest BCUT2D eigenvalue weighted by molar-refractivity contribution is 6.31. The average molecular weight is 358 g/mol. The van der Waals surface area contributed by atoms with Crippen LogP contribution < -0.4 is 10.1 Å². The van der Waals surface area contributed by atoms with Gasteiger partial charge in [-0.15, -0.1) is 0 Å². The average Bonchev–Trinajstić information content (AvgIpc) is 2.99. The van der Waals surface area contributed by atoms with Crippen LogP contribution in [-0.4, -0.2) is 23.6 Å². The lowest BCUT2D eigenvalue weighted by Gasteiger charge is -2.25. The molecule has 0 radical (unpaired) electrons. The highest BCUT2D eigenvalue weighted by Gasteiger charge is 2.28. The Morgan fingerprint density at radius 1 is 1.28 bits per heavy atom. The van der Waals surface area contributed by atoms with E-state index in [4.69, 9.17) is 16.3 Å². The smallest absolute Gasteiger partial charge is 0.269 e. The number of nitro groups is 1. The van der Waals surface area contributed by atoms with E-state index in [2.05, 4.69) is 10.3 Å². The van der Waals surface area contributed by atoms with Gasteiger partial charge >= 0.3 is 0 Å². The van der Waals surface area contributed by atoms with E-state index in [-0.39, 0.29) is 11.7 Å². The fraction of sp³-hybridized carbons (Fsp3) is 0.222. The van der Waals surface area contributed by atoms with Crippen molar-refractivity contribution in [2.45, 2.75) is 12.5 Å². The maximum absolute atomic E-state index is 11.1. The van der Waals surface area contributed by atoms with Crippen LogP contribution in [0.4, 0.5) is 5.69 Å². The van der Waals surface area contributed by atoms with Crippen LogP contribution in [0.1, 0.15) is 22.9 Å². The minimum Gasteiger partial charge on any atom is -0.497 e. The first-order valence-electron chi connectivity index (χ1n) is 7.94. The molecule has 25 heavy (non-hydrogen) atoms. The summed E-state index contributed by atoms with van der Waals surface area (Å²) in [6.45, 7) is 0.765. The normalized spacial score (nSPS) is 16.6. The Kier molecular flexibility index (Phi) is 3.86. The van der Waals surface area contributed by atoms with E-state index in [9.17, 15) is 10.1 Å². The van der Waals surface area contributed by atoms with Gasteiger partial charge < -0.3 is 15.0 Å². The van der Waals surface area contributed by atoms with Crippen molar-refractivity contribution in [1.29, 1.82) is 0 Å². The summed E-state index contributed by atoms with van der Waals surface area (Å²) in [5.41, 5.74) is 3.94. The Balaban J connectivity index is 1.88. The molecule has 0 saturated heterocycles. The van der Waals surface area contributed by atoms with Crippen LogP contribution in [0, 0.1) is 10.1 Å². The molecule has 0 fully saturated rings. The number of non-ortho nitro benzene ring substituents is 1. The Morgan fingerprint density at radius 2 is 2.12 bits per heavy atom. The standard InChI is InChI=1S/C18H16ClN3O3/c1-25-11-3-5-16-13(9-11)12-6-7-20-17(18(12)21-16)14-8-10(22(23)24)2-4-15(14)19/h2-5,8-9,17,20-21H,6-7H2,1H3. The number of fused-ring (bicyclic) bond motifs is 3. The summed E-state index contributed by atoms with van der Waals surface area (Å²) >= 11 is 6.35. The second-order valence-electron chi connectivity index (χ2n) is 6.03. The molecule has 1 unspecified atom stereocenters. The minimum absolute atomic E-state index is 0.0334. The first-order chi connectivity index (χ1) is 12.1. The molecule has 3 aromatic rings. The van der Waals surface area contributed by atoms with Gasteiger partial charge in [0, 0.05) is 45.9 Å². The SMILES string of the molecule is COc1ccc2[nH]c3c(c2c1)CCNC3c1cc([N+](=O)[O-])ccc1Cl. The van der Waals surface area contributed by atoms with Crippen molar-refractivity contribution in [3.63, 3.8) is 0 Å². The number of benzene rings is 2. The largest absolute Gasteiger partial charge is 0.497 e. The van der Waals surface area contributed by atoms with Crippen molar-refractivity contribution < 1.29 is 9.66 Å². The maximum atomic E-state index is 11.1. The lowest BCUT2D eigenvalue weighted by Crippen LogP contribution is -2.30. The van der Waals surface area contributed by atoms with Crippen molar-refractivity contribution >= 4 is 28.2 Å². The number of halogens is 1. The van der Waals surface area contributed by atoms with Gasteiger partial charge in [0.25, 0.3) is 5.69 Å². The number of hydrogen-bond donors (Lipinski definition) is 2. The van der Waals surface area contributed by atoms with Crippen LogP contribution in [0.25, 0.3) is 10.9 Å². The van der Waals surface area contributed by atoms with Crippen LogP contribution in [0.2, 0.25) is 5.02 Å². The second-order valence-corrected chi connectivity index (χ2v) is 6.44. The molecule has 2 aromatic carbocycles. The van der Waals surface area contributed by atoms with Crippen molar-refractivity contribution in [3.05, 3.63) is 68.4 Å². The van der Waals surface area contributed by atoms with E-state index in [0.717, 1.165) is 35.3 Å². The van der Waals surface area contributed by atoms with Crippen molar-refractivity contribution in [3.8, 4) is 5.75 Å². The lowest BCUT2D eigenvalue weighted by molar-refractivity contribution is -0.384. The van der Waals surface area contributed by atoms with Gasteiger partial charge in [-0.2, -0.15) is 0 Å². The molecule has 4 rings (SSSR count). The number of nitro benzene ring substituents is 1. The Hall–Kier alpha value is -2.57. The third kappa shape index (κ3) is 2.63. The van der Waals surface area contributed by atoms with E-state index in [0.29, 0.717) is 10.6 Å². The summed E-state index contributed by atoms with van der Waals surface area (Å²) in [6, 6.07) is 10.2. The van der Waals surface area contributed by atoms with E-state index >= 15 is 0 Å². The first-order valence-corrected chi connectivity index (χ1v) is 8.32. The molecule has 2 N–H and O–H groups in total. The number of aromatic nitrogens is 1. The second kappa shape index (κ2) is 6.06. The van der Waals surface area contributed by atoms with Gasteiger partial charge in [-0.1, -0.05) is 11.6 Å². The Labute approximate surface area is 148 Å². The number of nitrogens with zero attached hydrogens (tertiary/aromatic N) is 1. The molecule has 1 aromatic heterocycles. The molecule has 2 heterocycles. The Bertz CT molecular complexity index is 983. The third-order valence-electron chi connectivity index (χ3n) is 4.66. The molecule has 6 nitrogen and oxygen atoms in total. The van der Waals surface area contributed by atoms with E-state index in [1.54, 1.807) is 19.2 Å². The molecule has 1 atom stereocenters. The van der Waals surface area contributed by atoms with Crippen LogP contribution in [0.3, 0.4) is 0 Å². The predicted octanol–water partition coefficient (Wildman–Crippen LogP) is 3.97. The number of aromatic amines is 1. The van der Waals surface area contributed by atoms with Crippen LogP contribution in [0.5, 0.6) is 5.75 Å². The fourth-order valence-electron chi connectivity index (χ4n) is 3.47. The Morgan fingerprint density at radius 3 is 2.88 bits per heavy atom. The molecule has 0 amide bonds. The number of ether oxygens (including phenoxy) is 1. The van der Waals surface area contributed by atoms with E-state index < -0.39 is 4.92 Å². The zero-order valence-corrected chi connectivity index (χ0v) is 14.3. The summed E-state index contributed by atoms with van der Waals surface area (Å²) in [5, 5.41) is 16.2. The predicted molar refractivity (Wildman–Crippen MR) is 96.5 cm³/mol. The van der Waals surface area contributed by atoms with Crippen molar-refractivity contribution in [1.82, 2.24) is 10.3 Å². The monoisotopic (exact) mass is 357 g/mol. The molecule has 1 aliphatic rings. The quantitative estimate of drug-likeness (QED) is 0.549. The van der Waals surface area contributed by atoms with Gasteiger partial charge in [0.05, 0.1) is 18.1 Å². The van der Waals surface area contributed by atoms with Gasteiger partial charge in [-0.05, 0) is 36.2 Å². The van der Waals surface area contributed by atoms with E-state index in [1.165, 1.54) is 11.6 Å². The molecule has 1 aliphatic heterocycles. The highest BCUT2D eigenvalue weighted by Crippen LogP contribution is 2.38. The number of methoxy groups -OCH3 is 1. The lowest BCUT2D eigenvalue weighted by atomic mass is 9.94. The molecule has 0 saturated carbocycles. The minimum atomic E-state index is -0.403. The van der Waals surface area contributed by atoms with Gasteiger partial charge in [0.15, 0.2) is 0 Å². The highest BCUT2D eigenvalue weighted by atomic mass is 35.5. The molecule has 7 heteroatoms. The molecule has 0 spiro atoms. The molecule has 0 aliphatic carbocycles. The summed E-state index contributed by atoms with van der Waals surface area (Å²) < 4.78 is 5.33. The zero-order valence-electron chi connectivity index (χ0n) is 13.5. The first kappa shape index (κ1) is 15.9. The van der Waals surface area contributed by atoms with Gasteiger partial charge in [-0.3, -0.25) is 10.1 Å². The third-order valence-corrected chi connectivity index (χ3v) is 5.00. The van der Waals surface area contributed by atoms with Crippen LogP contribution >= 0.6 is 11.6 Å². The summed E-state index contributed by atoms with van der Waals surface area (Å²) in [6.07, 6.45) is 0.867. The summed E-state index contributed by atoms with van der Waals surface area (Å²) in [7, 11) is 1.65. The van der Waals surface area contributed by atoms with Gasteiger partial charge in [-0.25, -0.2) is 0 Å². The molecule has 0 bridgehead atoms. The number of H-pyrrole nitrogens is 1. The summed E-state index contributed by atoms with van der Waals surface area (Å²) in [5.74, 6) is 0.803. The van der Waals surface area contributed by atoms with E-state index in [1.807, 2.05) is 18.2 Å². The zero-order chi connectivity index (χ0) is 17.6. The summed E-state index contributed by atoms with van der Waals surface area (Å²) in [4.78, 5) is 14.2. The van der Waals surface area contributed by atoms with Crippen LogP contribution in [-0.2, 0) is 6.42 Å².